The number of hydrogen-bond acceptors (Lipinski definition) is 3. The molecule has 0 fully saturated rings. The van der Waals surface area contributed by atoms with Crippen LogP contribution in [0.2, 0.25) is 0 Å². The Morgan fingerprint density at radius 1 is 1.23 bits per heavy atom. The van der Waals surface area contributed by atoms with E-state index in [2.05, 4.69) is 0 Å². The van der Waals surface area contributed by atoms with Crippen LogP contribution in [0.4, 0.5) is 5.69 Å². The van der Waals surface area contributed by atoms with E-state index in [1.165, 1.54) is 0 Å². The van der Waals surface area contributed by atoms with Gasteiger partial charge in [0.15, 0.2) is 0 Å². The van der Waals surface area contributed by atoms with E-state index < -0.39 is 5.91 Å². The minimum absolute atomic E-state index is 0.412. The van der Waals surface area contributed by atoms with Gasteiger partial charge in [-0.25, -0.2) is 0 Å². The monoisotopic (exact) mass is 295 g/mol. The van der Waals surface area contributed by atoms with E-state index in [0.717, 1.165) is 16.5 Å². The molecule has 4 N–H and O–H groups in total. The summed E-state index contributed by atoms with van der Waals surface area (Å²) in [5, 5.41) is 0.792. The van der Waals surface area contributed by atoms with Crippen LogP contribution in [-0.4, -0.2) is 10.5 Å². The van der Waals surface area contributed by atoms with Crippen LogP contribution in [0, 0.1) is 0 Å². The highest BCUT2D eigenvalue weighted by molar-refractivity contribution is 6.06. The highest BCUT2D eigenvalue weighted by Gasteiger charge is 2.12. The standard InChI is InChI=1S/C17H17N3O2/c1-20-9-15(17(19)21)14-8-13(5-6-16(14)20)22-10-11-3-2-4-12(18)7-11/h2-9H,10,18H2,1H3,(H2,19,21). The van der Waals surface area contributed by atoms with Crippen molar-refractivity contribution < 1.29 is 9.53 Å². The number of nitrogen functional groups attached to an aromatic ring is 1. The van der Waals surface area contributed by atoms with E-state index in [4.69, 9.17) is 16.2 Å². The van der Waals surface area contributed by atoms with Gasteiger partial charge in [0.25, 0.3) is 5.91 Å². The van der Waals surface area contributed by atoms with Gasteiger partial charge < -0.3 is 20.8 Å². The first kappa shape index (κ1) is 14.0. The van der Waals surface area contributed by atoms with Crippen LogP contribution in [0.1, 0.15) is 15.9 Å². The highest BCUT2D eigenvalue weighted by atomic mass is 16.5. The van der Waals surface area contributed by atoms with Gasteiger partial charge in [-0.1, -0.05) is 12.1 Å². The zero-order chi connectivity index (χ0) is 15.7. The molecule has 1 heterocycles. The number of hydrogen-bond donors (Lipinski definition) is 2. The second-order valence-electron chi connectivity index (χ2n) is 5.23. The first-order valence-electron chi connectivity index (χ1n) is 6.90. The fraction of sp³-hybridized carbons (Fsp3) is 0.118. The van der Waals surface area contributed by atoms with E-state index >= 15 is 0 Å². The molecule has 0 radical (unpaired) electrons. The Kier molecular flexibility index (Phi) is 3.47. The molecule has 0 atom stereocenters. The number of aryl methyl sites for hydroxylation is 1. The number of aromatic nitrogens is 1. The summed E-state index contributed by atoms with van der Waals surface area (Å²) in [5.74, 6) is 0.238. The fourth-order valence-corrected chi connectivity index (χ4v) is 2.51. The van der Waals surface area contributed by atoms with E-state index in [0.29, 0.717) is 23.6 Å². The third-order valence-electron chi connectivity index (χ3n) is 3.58. The molecule has 3 aromatic rings. The second-order valence-corrected chi connectivity index (χ2v) is 5.23. The summed E-state index contributed by atoms with van der Waals surface area (Å²) < 4.78 is 7.65. The van der Waals surface area contributed by atoms with Crippen molar-refractivity contribution in [1.29, 1.82) is 0 Å². The maximum Gasteiger partial charge on any atom is 0.250 e. The smallest absolute Gasteiger partial charge is 0.250 e. The lowest BCUT2D eigenvalue weighted by Gasteiger charge is -2.07. The maximum atomic E-state index is 11.5. The van der Waals surface area contributed by atoms with Crippen molar-refractivity contribution in [2.24, 2.45) is 12.8 Å². The number of carbonyl (C=O) groups excluding carboxylic acids is 1. The summed E-state index contributed by atoms with van der Waals surface area (Å²) in [5.41, 5.74) is 14.3. The average molecular weight is 295 g/mol. The SMILES string of the molecule is Cn1cc(C(N)=O)c2cc(OCc3cccc(N)c3)ccc21. The number of anilines is 1. The molecule has 1 aromatic heterocycles. The Bertz CT molecular complexity index is 852. The van der Waals surface area contributed by atoms with Gasteiger partial charge in [0.2, 0.25) is 0 Å². The Morgan fingerprint density at radius 2 is 2.05 bits per heavy atom. The second kappa shape index (κ2) is 5.44. The number of fused-ring (bicyclic) bond motifs is 1. The molecule has 0 aliphatic rings. The minimum Gasteiger partial charge on any atom is -0.489 e. The molecule has 0 spiro atoms. The van der Waals surface area contributed by atoms with Gasteiger partial charge >= 0.3 is 0 Å². The summed E-state index contributed by atoms with van der Waals surface area (Å²) in [6.45, 7) is 0.412. The molecule has 2 aromatic carbocycles. The minimum atomic E-state index is -0.446. The van der Waals surface area contributed by atoms with E-state index in [1.807, 2.05) is 54.1 Å². The molecule has 5 nitrogen and oxygen atoms in total. The Hall–Kier alpha value is -2.95. The predicted octanol–water partition coefficient (Wildman–Crippen LogP) is 2.44. The Morgan fingerprint density at radius 3 is 2.77 bits per heavy atom. The van der Waals surface area contributed by atoms with Crippen molar-refractivity contribution in [2.75, 3.05) is 5.73 Å². The van der Waals surface area contributed by atoms with Gasteiger partial charge in [0, 0.05) is 29.8 Å². The van der Waals surface area contributed by atoms with E-state index in [9.17, 15) is 4.79 Å². The van der Waals surface area contributed by atoms with Crippen molar-refractivity contribution in [2.45, 2.75) is 6.61 Å². The lowest BCUT2D eigenvalue weighted by molar-refractivity contribution is 0.100. The van der Waals surface area contributed by atoms with E-state index in [1.54, 1.807) is 6.20 Å². The largest absolute Gasteiger partial charge is 0.489 e. The average Bonchev–Trinajstić information content (AvgIpc) is 2.82. The number of benzene rings is 2. The fourth-order valence-electron chi connectivity index (χ4n) is 2.51. The molecule has 0 unspecified atom stereocenters. The van der Waals surface area contributed by atoms with Crippen molar-refractivity contribution in [3.63, 3.8) is 0 Å². The Labute approximate surface area is 128 Å². The topological polar surface area (TPSA) is 83.3 Å². The van der Waals surface area contributed by atoms with Crippen LogP contribution < -0.4 is 16.2 Å². The molecule has 22 heavy (non-hydrogen) atoms. The highest BCUT2D eigenvalue weighted by Crippen LogP contribution is 2.26. The van der Waals surface area contributed by atoms with Gasteiger partial charge in [0.1, 0.15) is 12.4 Å². The lowest BCUT2D eigenvalue weighted by Crippen LogP contribution is -2.10. The molecule has 0 aliphatic heterocycles. The number of nitrogens with two attached hydrogens (primary N) is 2. The summed E-state index contributed by atoms with van der Waals surface area (Å²) in [6, 6.07) is 13.2. The van der Waals surface area contributed by atoms with E-state index in [-0.39, 0.29) is 0 Å². The van der Waals surface area contributed by atoms with Crippen LogP contribution in [0.25, 0.3) is 10.9 Å². The normalized spacial score (nSPS) is 10.8. The number of amides is 1. The molecular weight excluding hydrogens is 278 g/mol. The van der Waals surface area contributed by atoms with Crippen molar-refractivity contribution >= 4 is 22.5 Å². The molecule has 3 rings (SSSR count). The third-order valence-corrected chi connectivity index (χ3v) is 3.58. The van der Waals surface area contributed by atoms with Crippen LogP contribution in [0.15, 0.2) is 48.7 Å². The van der Waals surface area contributed by atoms with Crippen LogP contribution in [0.3, 0.4) is 0 Å². The summed E-state index contributed by atoms with van der Waals surface area (Å²) in [4.78, 5) is 11.5. The molecule has 1 amide bonds. The molecule has 0 aliphatic carbocycles. The van der Waals surface area contributed by atoms with Gasteiger partial charge in [-0.05, 0) is 35.9 Å². The summed E-state index contributed by atoms with van der Waals surface area (Å²) in [6.07, 6.45) is 1.73. The van der Waals surface area contributed by atoms with Crippen LogP contribution in [0.5, 0.6) is 5.75 Å². The van der Waals surface area contributed by atoms with Crippen molar-refractivity contribution in [3.05, 3.63) is 59.8 Å². The van der Waals surface area contributed by atoms with Crippen molar-refractivity contribution in [1.82, 2.24) is 4.57 Å². The first-order chi connectivity index (χ1) is 10.5. The van der Waals surface area contributed by atoms with Crippen LogP contribution in [-0.2, 0) is 13.7 Å². The van der Waals surface area contributed by atoms with Gasteiger partial charge in [-0.2, -0.15) is 0 Å². The van der Waals surface area contributed by atoms with Crippen LogP contribution >= 0.6 is 0 Å². The quantitative estimate of drug-likeness (QED) is 0.725. The molecule has 112 valence electrons. The zero-order valence-electron chi connectivity index (χ0n) is 12.2. The molecular formula is C17H17N3O2. The molecule has 5 heteroatoms. The van der Waals surface area contributed by atoms with Gasteiger partial charge in [-0.15, -0.1) is 0 Å². The number of primary amides is 1. The molecule has 0 saturated carbocycles. The van der Waals surface area contributed by atoms with Gasteiger partial charge in [0.05, 0.1) is 5.56 Å². The lowest BCUT2D eigenvalue weighted by atomic mass is 10.1. The number of carbonyl (C=O) groups is 1. The summed E-state index contributed by atoms with van der Waals surface area (Å²) >= 11 is 0. The molecule has 0 bridgehead atoms. The predicted molar refractivity (Wildman–Crippen MR) is 86.6 cm³/mol. The molecule has 0 saturated heterocycles. The third kappa shape index (κ3) is 2.61. The maximum absolute atomic E-state index is 11.5. The van der Waals surface area contributed by atoms with Gasteiger partial charge in [-0.3, -0.25) is 4.79 Å². The van der Waals surface area contributed by atoms with Crippen molar-refractivity contribution in [3.8, 4) is 5.75 Å². The Balaban J connectivity index is 1.88. The zero-order valence-corrected chi connectivity index (χ0v) is 12.2. The summed E-state index contributed by atoms with van der Waals surface area (Å²) in [7, 11) is 1.88. The number of nitrogens with zero attached hydrogens (tertiary/aromatic N) is 1. The first-order valence-corrected chi connectivity index (χ1v) is 6.90. The number of ether oxygens (including phenoxy) is 1. The number of rotatable bonds is 4.